The molecule has 4 aliphatic rings. The summed E-state index contributed by atoms with van der Waals surface area (Å²) in [6.07, 6.45) is -5.50. The van der Waals surface area contributed by atoms with E-state index in [2.05, 4.69) is 9.47 Å². The van der Waals surface area contributed by atoms with E-state index < -0.39 is 87.9 Å². The fraction of sp³-hybridized carbons (Fsp3) is 0.200. The van der Waals surface area contributed by atoms with Crippen LogP contribution in [-0.4, -0.2) is 53.7 Å². The third-order valence-electron chi connectivity index (χ3n) is 7.41. The number of ether oxygens (including phenoxy) is 2. The largest absolute Gasteiger partial charge is 0.402 e. The van der Waals surface area contributed by atoms with Crippen LogP contribution in [0.4, 0.5) is 24.5 Å². The molecule has 3 atom stereocenters. The van der Waals surface area contributed by atoms with Crippen molar-refractivity contribution in [1.82, 2.24) is 0 Å². The lowest BCUT2D eigenvalue weighted by molar-refractivity contribution is -0.203. The van der Waals surface area contributed by atoms with Gasteiger partial charge in [0, 0.05) is 0 Å². The van der Waals surface area contributed by atoms with Gasteiger partial charge in [-0.2, -0.15) is 13.2 Å². The Balaban J connectivity index is 1.50. The number of amides is 4. The highest BCUT2D eigenvalue weighted by atomic mass is 19.4. The lowest BCUT2D eigenvalue weighted by Crippen LogP contribution is -2.51. The van der Waals surface area contributed by atoms with E-state index >= 15 is 0 Å². The Bertz CT molecular complexity index is 1690. The molecule has 2 saturated heterocycles. The highest BCUT2D eigenvalue weighted by Gasteiger charge is 2.79. The number of alkyl halides is 3. The lowest BCUT2D eigenvalue weighted by atomic mass is 9.69. The van der Waals surface area contributed by atoms with Gasteiger partial charge in [-0.25, -0.2) is 29.0 Å². The second-order valence-electron chi connectivity index (χ2n) is 9.34. The molecule has 40 heavy (non-hydrogen) atoms. The van der Waals surface area contributed by atoms with Crippen LogP contribution in [0, 0.1) is 17.3 Å². The van der Waals surface area contributed by atoms with Crippen LogP contribution < -0.4 is 9.80 Å². The summed E-state index contributed by atoms with van der Waals surface area (Å²) >= 11 is 0. The highest BCUT2D eigenvalue weighted by molar-refractivity contribution is 6.39. The van der Waals surface area contributed by atoms with Crippen molar-refractivity contribution in [3.63, 3.8) is 0 Å². The highest BCUT2D eigenvalue weighted by Crippen LogP contribution is 2.57. The number of esters is 4. The Kier molecular flexibility index (Phi) is 4.82. The number of fused-ring (bicyclic) bond motifs is 2. The molecule has 1 spiro atoms. The first-order valence-electron chi connectivity index (χ1n) is 11.4. The average molecular weight is 556 g/mol. The summed E-state index contributed by atoms with van der Waals surface area (Å²) in [6.45, 7) is 0.886. The van der Waals surface area contributed by atoms with Crippen LogP contribution in [0.25, 0.3) is 0 Å². The number of anilines is 2. The van der Waals surface area contributed by atoms with E-state index in [1.807, 2.05) is 0 Å². The molecule has 6 rings (SSSR count). The Morgan fingerprint density at radius 3 is 1.48 bits per heavy atom. The van der Waals surface area contributed by atoms with Crippen molar-refractivity contribution >= 4 is 58.9 Å². The minimum Gasteiger partial charge on any atom is -0.386 e. The molecule has 2 fully saturated rings. The second-order valence-corrected chi connectivity index (χ2v) is 9.34. The van der Waals surface area contributed by atoms with Crippen molar-refractivity contribution in [3.05, 3.63) is 58.7 Å². The van der Waals surface area contributed by atoms with E-state index in [9.17, 15) is 51.5 Å². The number of hydrogen-bond donors (Lipinski definition) is 0. The molecule has 0 radical (unpaired) electrons. The fourth-order valence-corrected chi connectivity index (χ4v) is 5.55. The molecule has 12 nitrogen and oxygen atoms in total. The zero-order valence-electron chi connectivity index (χ0n) is 19.7. The number of hydrogen-bond acceptors (Lipinski definition) is 10. The van der Waals surface area contributed by atoms with Gasteiger partial charge in [0.1, 0.15) is 0 Å². The number of imide groups is 2. The van der Waals surface area contributed by atoms with Gasteiger partial charge in [0.25, 0.3) is 11.8 Å². The van der Waals surface area contributed by atoms with Gasteiger partial charge in [-0.1, -0.05) is 6.92 Å². The molecule has 15 heteroatoms. The molecule has 0 bridgehead atoms. The molecule has 0 aliphatic carbocycles. The van der Waals surface area contributed by atoms with Crippen LogP contribution in [0.2, 0.25) is 0 Å². The maximum atomic E-state index is 14.5. The maximum absolute atomic E-state index is 14.5. The number of rotatable bonds is 2. The SMILES string of the molecule is CC1C(=O)N(c2ccc3c(c2)C(=O)OC3=O)C(=O)[C@]12C(=O)N(c1ccc3c(c1)C(=O)OC3=O)C(=O)[C@@H]2C(F)(F)F. The van der Waals surface area contributed by atoms with Gasteiger partial charge >= 0.3 is 30.1 Å². The summed E-state index contributed by atoms with van der Waals surface area (Å²) in [4.78, 5) is 102. The number of nitrogens with zero attached hydrogens (tertiary/aromatic N) is 2. The topological polar surface area (TPSA) is 162 Å². The summed E-state index contributed by atoms with van der Waals surface area (Å²) in [5.41, 5.74) is -5.52. The molecule has 4 heterocycles. The first-order chi connectivity index (χ1) is 18.7. The minimum atomic E-state index is -5.50. The first-order valence-corrected chi connectivity index (χ1v) is 11.4. The van der Waals surface area contributed by atoms with Crippen molar-refractivity contribution < 1.29 is 61.0 Å². The van der Waals surface area contributed by atoms with Gasteiger partial charge < -0.3 is 9.47 Å². The van der Waals surface area contributed by atoms with Crippen molar-refractivity contribution in [3.8, 4) is 0 Å². The summed E-state index contributed by atoms with van der Waals surface area (Å²) in [6, 6.07) is 5.60. The number of carbonyl (C=O) groups is 8. The number of benzene rings is 2. The predicted molar refractivity (Wildman–Crippen MR) is 119 cm³/mol. The summed E-state index contributed by atoms with van der Waals surface area (Å²) < 4.78 is 52.3. The zero-order valence-corrected chi connectivity index (χ0v) is 19.7. The van der Waals surface area contributed by atoms with E-state index in [0.29, 0.717) is 0 Å². The van der Waals surface area contributed by atoms with Crippen molar-refractivity contribution in [2.75, 3.05) is 9.80 Å². The Morgan fingerprint density at radius 2 is 1.05 bits per heavy atom. The van der Waals surface area contributed by atoms with Crippen LogP contribution in [0.15, 0.2) is 36.4 Å². The molecule has 2 aromatic rings. The van der Waals surface area contributed by atoms with Gasteiger partial charge in [0.05, 0.1) is 39.5 Å². The zero-order chi connectivity index (χ0) is 29.0. The van der Waals surface area contributed by atoms with Gasteiger partial charge in [-0.3, -0.25) is 19.2 Å². The van der Waals surface area contributed by atoms with E-state index in [-0.39, 0.29) is 26.5 Å². The second kappa shape index (κ2) is 7.68. The van der Waals surface area contributed by atoms with Gasteiger partial charge in [-0.05, 0) is 36.4 Å². The fourth-order valence-electron chi connectivity index (χ4n) is 5.55. The molecule has 1 unspecified atom stereocenters. The first kappa shape index (κ1) is 25.1. The third-order valence-corrected chi connectivity index (χ3v) is 7.41. The van der Waals surface area contributed by atoms with E-state index in [1.165, 1.54) is 0 Å². The lowest BCUT2D eigenvalue weighted by Gasteiger charge is -2.28. The van der Waals surface area contributed by atoms with Crippen molar-refractivity contribution in [2.45, 2.75) is 13.1 Å². The van der Waals surface area contributed by atoms with E-state index in [4.69, 9.17) is 0 Å². The Hall–Kier alpha value is -5.21. The van der Waals surface area contributed by atoms with Crippen LogP contribution >= 0.6 is 0 Å². The number of cyclic esters (lactones) is 4. The Labute approximate surface area is 219 Å². The van der Waals surface area contributed by atoms with E-state index in [0.717, 1.165) is 43.3 Å². The van der Waals surface area contributed by atoms with Gasteiger partial charge in [0.15, 0.2) is 11.3 Å². The van der Waals surface area contributed by atoms with E-state index in [1.54, 1.807) is 0 Å². The monoisotopic (exact) mass is 556 g/mol. The number of carbonyl (C=O) groups excluding carboxylic acids is 8. The van der Waals surface area contributed by atoms with Crippen LogP contribution in [0.1, 0.15) is 48.4 Å². The van der Waals surface area contributed by atoms with Crippen molar-refractivity contribution in [2.24, 2.45) is 17.3 Å². The van der Waals surface area contributed by atoms with Gasteiger partial charge in [-0.15, -0.1) is 0 Å². The summed E-state index contributed by atoms with van der Waals surface area (Å²) in [5, 5.41) is 0. The maximum Gasteiger partial charge on any atom is 0.402 e. The standard InChI is InChI=1S/C25H11F3N2O10/c1-8-16(31)29(9-2-4-11-13(6-9)20(35)39-18(11)33)22(37)24(8)15(25(26,27)28)17(32)30(23(24)38)10-3-5-12-14(7-10)21(36)40-19(12)34/h2-8,15H,1H3/t8?,15-,24-/m0/s1. The van der Waals surface area contributed by atoms with Gasteiger partial charge in [0.2, 0.25) is 11.8 Å². The smallest absolute Gasteiger partial charge is 0.386 e. The predicted octanol–water partition coefficient (Wildman–Crippen LogP) is 1.56. The molecule has 202 valence electrons. The van der Waals surface area contributed by atoms with Crippen LogP contribution in [0.3, 0.4) is 0 Å². The normalized spacial score (nSPS) is 25.8. The summed E-state index contributed by atoms with van der Waals surface area (Å²) in [7, 11) is 0. The molecule has 0 saturated carbocycles. The third kappa shape index (κ3) is 2.91. The molecule has 2 aromatic carbocycles. The number of halogens is 3. The summed E-state index contributed by atoms with van der Waals surface area (Å²) in [5.74, 6) is -16.2. The quantitative estimate of drug-likeness (QED) is 0.302. The average Bonchev–Trinajstić information content (AvgIpc) is 3.48. The van der Waals surface area contributed by atoms with Crippen LogP contribution in [-0.2, 0) is 28.7 Å². The molecule has 0 N–H and O–H groups in total. The molecular weight excluding hydrogens is 545 g/mol. The molecule has 4 aliphatic heterocycles. The van der Waals surface area contributed by atoms with Crippen molar-refractivity contribution in [1.29, 1.82) is 0 Å². The van der Waals surface area contributed by atoms with Crippen LogP contribution in [0.5, 0.6) is 0 Å². The molecule has 4 amide bonds. The molecular formula is C25H11F3N2O10. The minimum absolute atomic E-state index is 0.0540. The molecule has 0 aromatic heterocycles. The Morgan fingerprint density at radius 1 is 0.650 bits per heavy atom.